The maximum absolute atomic E-state index is 13.1. The fourth-order valence-corrected chi connectivity index (χ4v) is 4.69. The maximum atomic E-state index is 13.1. The Hall–Kier alpha value is -3.32. The van der Waals surface area contributed by atoms with Gasteiger partial charge < -0.3 is 9.55 Å². The van der Waals surface area contributed by atoms with E-state index < -0.39 is 0 Å². The van der Waals surface area contributed by atoms with E-state index in [-0.39, 0.29) is 11.2 Å². The standard InChI is InChI=1S/C24H21BrN4O2/c1-27-20-14-29(11-10-16-13-26-19-9-4-3-8-18(16)19)22(15-6-5-7-17(25)12-15)21(20)23(30)28(2)24(27)31/h3-9,12-14,26H,10-11H2,1-2H3. The molecule has 5 rings (SSSR count). The van der Waals surface area contributed by atoms with Gasteiger partial charge in [0.25, 0.3) is 5.56 Å². The zero-order valence-corrected chi connectivity index (χ0v) is 18.8. The number of hydrogen-bond acceptors (Lipinski definition) is 2. The molecule has 0 aliphatic rings. The summed E-state index contributed by atoms with van der Waals surface area (Å²) in [6.07, 6.45) is 4.75. The highest BCUT2D eigenvalue weighted by Gasteiger charge is 2.19. The van der Waals surface area contributed by atoms with Crippen molar-refractivity contribution in [2.24, 2.45) is 14.1 Å². The van der Waals surface area contributed by atoms with Crippen LogP contribution >= 0.6 is 15.9 Å². The minimum atomic E-state index is -0.327. The van der Waals surface area contributed by atoms with Crippen molar-refractivity contribution in [1.82, 2.24) is 18.7 Å². The van der Waals surface area contributed by atoms with Gasteiger partial charge in [-0.15, -0.1) is 0 Å². The van der Waals surface area contributed by atoms with Crippen LogP contribution in [-0.4, -0.2) is 18.7 Å². The summed E-state index contributed by atoms with van der Waals surface area (Å²) in [4.78, 5) is 29.0. The molecule has 0 bridgehead atoms. The van der Waals surface area contributed by atoms with Gasteiger partial charge in [0.15, 0.2) is 0 Å². The molecule has 7 heteroatoms. The molecule has 1 N–H and O–H groups in total. The fraction of sp³-hybridized carbons (Fsp3) is 0.167. The molecule has 31 heavy (non-hydrogen) atoms. The van der Waals surface area contributed by atoms with E-state index in [1.165, 1.54) is 22.6 Å². The molecular weight excluding hydrogens is 456 g/mol. The smallest absolute Gasteiger partial charge is 0.330 e. The summed E-state index contributed by atoms with van der Waals surface area (Å²) in [5.41, 5.74) is 4.12. The van der Waals surface area contributed by atoms with E-state index in [1.54, 1.807) is 11.6 Å². The third kappa shape index (κ3) is 3.16. The number of fused-ring (bicyclic) bond motifs is 2. The minimum absolute atomic E-state index is 0.279. The van der Waals surface area contributed by atoms with E-state index in [0.29, 0.717) is 17.4 Å². The maximum Gasteiger partial charge on any atom is 0.330 e. The first-order valence-electron chi connectivity index (χ1n) is 10.1. The number of nitrogens with zero attached hydrogens (tertiary/aromatic N) is 3. The van der Waals surface area contributed by atoms with Gasteiger partial charge in [-0.05, 0) is 30.2 Å². The highest BCUT2D eigenvalue weighted by Crippen LogP contribution is 2.30. The van der Waals surface area contributed by atoms with Crippen LogP contribution < -0.4 is 11.2 Å². The number of H-pyrrole nitrogens is 1. The summed E-state index contributed by atoms with van der Waals surface area (Å²) in [6.45, 7) is 0.676. The lowest BCUT2D eigenvalue weighted by Crippen LogP contribution is -2.36. The van der Waals surface area contributed by atoms with Crippen LogP contribution in [0.1, 0.15) is 5.56 Å². The molecule has 5 aromatic rings. The summed E-state index contributed by atoms with van der Waals surface area (Å²) < 4.78 is 5.74. The van der Waals surface area contributed by atoms with Crippen LogP contribution in [0.4, 0.5) is 0 Å². The van der Waals surface area contributed by atoms with Gasteiger partial charge in [-0.25, -0.2) is 4.79 Å². The van der Waals surface area contributed by atoms with Crippen molar-refractivity contribution >= 4 is 37.7 Å². The average Bonchev–Trinajstić information content (AvgIpc) is 3.36. The molecule has 0 saturated carbocycles. The number of halogens is 1. The summed E-state index contributed by atoms with van der Waals surface area (Å²) in [5, 5.41) is 1.76. The highest BCUT2D eigenvalue weighted by atomic mass is 79.9. The molecule has 3 heterocycles. The molecule has 0 aliphatic carbocycles. The Morgan fingerprint density at radius 2 is 1.81 bits per heavy atom. The van der Waals surface area contributed by atoms with Crippen LogP contribution in [0.3, 0.4) is 0 Å². The van der Waals surface area contributed by atoms with Crippen molar-refractivity contribution < 1.29 is 0 Å². The van der Waals surface area contributed by atoms with Gasteiger partial charge in [0, 0.05) is 54.0 Å². The molecule has 0 atom stereocenters. The molecular formula is C24H21BrN4O2. The van der Waals surface area contributed by atoms with Crippen molar-refractivity contribution in [3.05, 3.63) is 91.8 Å². The molecule has 2 aromatic carbocycles. The summed E-state index contributed by atoms with van der Waals surface area (Å²) >= 11 is 3.54. The predicted octanol–water partition coefficient (Wildman–Crippen LogP) is 4.19. The molecule has 0 fully saturated rings. The number of rotatable bonds is 4. The first kappa shape index (κ1) is 19.6. The third-order valence-corrected chi connectivity index (χ3v) is 6.40. The number of hydrogen-bond donors (Lipinski definition) is 1. The lowest BCUT2D eigenvalue weighted by atomic mass is 10.1. The zero-order chi connectivity index (χ0) is 21.7. The summed E-state index contributed by atoms with van der Waals surface area (Å²) in [7, 11) is 3.23. The largest absolute Gasteiger partial charge is 0.361 e. The van der Waals surface area contributed by atoms with Gasteiger partial charge in [-0.3, -0.25) is 13.9 Å². The van der Waals surface area contributed by atoms with Crippen molar-refractivity contribution in [1.29, 1.82) is 0 Å². The molecule has 0 saturated heterocycles. The second kappa shape index (κ2) is 7.42. The first-order valence-corrected chi connectivity index (χ1v) is 10.8. The summed E-state index contributed by atoms with van der Waals surface area (Å²) in [6, 6.07) is 16.1. The van der Waals surface area contributed by atoms with Gasteiger partial charge in [-0.1, -0.05) is 46.3 Å². The number of nitrogens with one attached hydrogen (secondary N) is 1. The number of benzene rings is 2. The van der Waals surface area contributed by atoms with Crippen LogP contribution in [-0.2, 0) is 27.1 Å². The zero-order valence-electron chi connectivity index (χ0n) is 17.2. The Balaban J connectivity index is 1.71. The van der Waals surface area contributed by atoms with Crippen LogP contribution in [0.2, 0.25) is 0 Å². The van der Waals surface area contributed by atoms with E-state index in [0.717, 1.165) is 27.7 Å². The molecule has 0 spiro atoms. The highest BCUT2D eigenvalue weighted by molar-refractivity contribution is 9.10. The Bertz CT molecular complexity index is 1570. The molecule has 0 unspecified atom stereocenters. The monoisotopic (exact) mass is 476 g/mol. The van der Waals surface area contributed by atoms with E-state index in [9.17, 15) is 9.59 Å². The average molecular weight is 477 g/mol. The molecule has 6 nitrogen and oxygen atoms in total. The van der Waals surface area contributed by atoms with E-state index in [2.05, 4.69) is 37.6 Å². The predicted molar refractivity (Wildman–Crippen MR) is 128 cm³/mol. The minimum Gasteiger partial charge on any atom is -0.361 e. The molecule has 156 valence electrons. The molecule has 0 aliphatic heterocycles. The Labute approximate surface area is 186 Å². The topological polar surface area (TPSA) is 64.7 Å². The van der Waals surface area contributed by atoms with Gasteiger partial charge in [0.2, 0.25) is 0 Å². The first-order chi connectivity index (χ1) is 15.0. The van der Waals surface area contributed by atoms with E-state index in [4.69, 9.17) is 0 Å². The van der Waals surface area contributed by atoms with Gasteiger partial charge in [0.05, 0.1) is 16.6 Å². The van der Waals surface area contributed by atoms with Gasteiger partial charge >= 0.3 is 5.69 Å². The van der Waals surface area contributed by atoms with Gasteiger partial charge in [-0.2, -0.15) is 0 Å². The van der Waals surface area contributed by atoms with Gasteiger partial charge in [0.1, 0.15) is 0 Å². The Morgan fingerprint density at radius 3 is 2.61 bits per heavy atom. The SMILES string of the molecule is Cn1c(=O)c2c(-c3cccc(Br)c3)n(CCc3c[nH]c4ccccc34)cc2n(C)c1=O. The van der Waals surface area contributed by atoms with Crippen LogP contribution in [0.15, 0.2) is 75.0 Å². The molecule has 0 amide bonds. The lowest BCUT2D eigenvalue weighted by Gasteiger charge is -2.10. The number of para-hydroxylation sites is 1. The van der Waals surface area contributed by atoms with E-state index in [1.807, 2.05) is 48.8 Å². The third-order valence-electron chi connectivity index (χ3n) is 5.91. The normalized spacial score (nSPS) is 11.6. The number of aromatic nitrogens is 4. The second-order valence-corrected chi connectivity index (χ2v) is 8.67. The Morgan fingerprint density at radius 1 is 1.00 bits per heavy atom. The van der Waals surface area contributed by atoms with Crippen LogP contribution in [0, 0.1) is 0 Å². The van der Waals surface area contributed by atoms with E-state index >= 15 is 0 Å². The van der Waals surface area contributed by atoms with Crippen LogP contribution in [0.25, 0.3) is 33.1 Å². The molecule has 3 aromatic heterocycles. The molecule has 0 radical (unpaired) electrons. The fourth-order valence-electron chi connectivity index (χ4n) is 4.29. The Kier molecular flexibility index (Phi) is 4.70. The van der Waals surface area contributed by atoms with Crippen molar-refractivity contribution in [2.45, 2.75) is 13.0 Å². The second-order valence-electron chi connectivity index (χ2n) is 7.76. The lowest BCUT2D eigenvalue weighted by molar-refractivity contribution is 0.705. The number of aryl methyl sites for hydroxylation is 3. The summed E-state index contributed by atoms with van der Waals surface area (Å²) in [5.74, 6) is 0. The van der Waals surface area contributed by atoms with Crippen molar-refractivity contribution in [3.8, 4) is 11.3 Å². The quantitative estimate of drug-likeness (QED) is 0.422. The van der Waals surface area contributed by atoms with Crippen LogP contribution in [0.5, 0.6) is 0 Å². The number of aromatic amines is 1. The van der Waals surface area contributed by atoms with Crippen molar-refractivity contribution in [3.63, 3.8) is 0 Å². The van der Waals surface area contributed by atoms with Crippen molar-refractivity contribution in [2.75, 3.05) is 0 Å².